The number of aliphatic carboxylic acids is 1. The summed E-state index contributed by atoms with van der Waals surface area (Å²) in [4.78, 5) is 26.4. The molecule has 2 rings (SSSR count). The number of carbonyl (C=O) groups excluding carboxylic acids is 1. The quantitative estimate of drug-likeness (QED) is 0.896. The van der Waals surface area contributed by atoms with Crippen LogP contribution in [0.4, 0.5) is 5.00 Å². The molecule has 1 aromatic rings. The molecule has 1 fully saturated rings. The van der Waals surface area contributed by atoms with Gasteiger partial charge in [0.2, 0.25) is 5.91 Å². The lowest BCUT2D eigenvalue weighted by molar-refractivity contribution is -0.145. The van der Waals surface area contributed by atoms with Gasteiger partial charge in [0.1, 0.15) is 6.04 Å². The van der Waals surface area contributed by atoms with Crippen LogP contribution in [-0.2, 0) is 9.59 Å². The van der Waals surface area contributed by atoms with Crippen LogP contribution in [-0.4, -0.2) is 41.0 Å². The number of aryl methyl sites for hydroxylation is 1. The van der Waals surface area contributed by atoms with Crippen LogP contribution in [0, 0.1) is 20.8 Å². The lowest BCUT2D eigenvalue weighted by Crippen LogP contribution is -2.47. The van der Waals surface area contributed by atoms with Crippen molar-refractivity contribution in [3.63, 3.8) is 0 Å². The summed E-state index contributed by atoms with van der Waals surface area (Å²) < 4.78 is 0. The predicted molar refractivity (Wildman–Crippen MR) is 84.0 cm³/mol. The van der Waals surface area contributed by atoms with Crippen LogP contribution in [0.15, 0.2) is 0 Å². The normalized spacial score (nSPS) is 19.5. The van der Waals surface area contributed by atoms with E-state index >= 15 is 0 Å². The topological polar surface area (TPSA) is 69.6 Å². The van der Waals surface area contributed by atoms with E-state index in [1.165, 1.54) is 10.4 Å². The number of carboxylic acids is 1. The summed E-state index contributed by atoms with van der Waals surface area (Å²) in [6, 6.07) is -0.530. The van der Waals surface area contributed by atoms with E-state index in [0.717, 1.165) is 23.4 Å². The number of amides is 1. The maximum atomic E-state index is 12.2. The van der Waals surface area contributed by atoms with Gasteiger partial charge in [-0.15, -0.1) is 11.3 Å². The van der Waals surface area contributed by atoms with E-state index in [9.17, 15) is 14.7 Å². The monoisotopic (exact) mass is 310 g/mol. The number of nitrogens with zero attached hydrogens (tertiary/aromatic N) is 1. The summed E-state index contributed by atoms with van der Waals surface area (Å²) in [5.41, 5.74) is 2.30. The van der Waals surface area contributed by atoms with Gasteiger partial charge in [-0.05, 0) is 51.3 Å². The minimum atomic E-state index is -0.832. The molecule has 21 heavy (non-hydrogen) atoms. The smallest absolute Gasteiger partial charge is 0.320 e. The number of carbonyl (C=O) groups is 2. The molecule has 1 aliphatic rings. The van der Waals surface area contributed by atoms with Gasteiger partial charge in [-0.3, -0.25) is 14.5 Å². The fourth-order valence-corrected chi connectivity index (χ4v) is 3.75. The van der Waals surface area contributed by atoms with Crippen LogP contribution in [0.1, 0.15) is 35.3 Å². The number of hydrogen-bond acceptors (Lipinski definition) is 4. The van der Waals surface area contributed by atoms with Gasteiger partial charge < -0.3 is 10.4 Å². The molecule has 0 spiro atoms. The van der Waals surface area contributed by atoms with E-state index in [2.05, 4.69) is 5.32 Å². The first-order valence-corrected chi connectivity index (χ1v) is 8.05. The SMILES string of the molecule is Cc1sc(NC(=O)CN2CCCC[C@@H]2C(=O)O)c(C)c1C. The number of hydrogen-bond donors (Lipinski definition) is 2. The van der Waals surface area contributed by atoms with E-state index in [1.54, 1.807) is 16.2 Å². The molecule has 0 aliphatic carbocycles. The van der Waals surface area contributed by atoms with Crippen molar-refractivity contribution in [2.75, 3.05) is 18.4 Å². The van der Waals surface area contributed by atoms with Crippen molar-refractivity contribution in [3.05, 3.63) is 16.0 Å². The lowest BCUT2D eigenvalue weighted by Gasteiger charge is -2.32. The van der Waals surface area contributed by atoms with E-state index in [1.807, 2.05) is 20.8 Å². The molecule has 1 atom stereocenters. The second-order valence-corrected chi connectivity index (χ2v) is 6.83. The third-order valence-electron chi connectivity index (χ3n) is 4.18. The molecule has 0 unspecified atom stereocenters. The fourth-order valence-electron chi connectivity index (χ4n) is 2.67. The Balaban J connectivity index is 2.00. The summed E-state index contributed by atoms with van der Waals surface area (Å²) in [5, 5.41) is 13.0. The van der Waals surface area contributed by atoms with Crippen molar-refractivity contribution in [1.29, 1.82) is 0 Å². The first-order valence-electron chi connectivity index (χ1n) is 7.23. The van der Waals surface area contributed by atoms with Crippen molar-refractivity contribution in [2.24, 2.45) is 0 Å². The highest BCUT2D eigenvalue weighted by Crippen LogP contribution is 2.31. The van der Waals surface area contributed by atoms with Gasteiger partial charge in [0.15, 0.2) is 0 Å². The van der Waals surface area contributed by atoms with Crippen LogP contribution in [0.2, 0.25) is 0 Å². The average molecular weight is 310 g/mol. The number of likely N-dealkylation sites (tertiary alicyclic amines) is 1. The summed E-state index contributed by atoms with van der Waals surface area (Å²) in [7, 11) is 0. The molecule has 2 heterocycles. The van der Waals surface area contributed by atoms with E-state index < -0.39 is 12.0 Å². The molecule has 0 radical (unpaired) electrons. The molecule has 2 N–H and O–H groups in total. The Hall–Kier alpha value is -1.40. The van der Waals surface area contributed by atoms with E-state index in [0.29, 0.717) is 13.0 Å². The Morgan fingerprint density at radius 1 is 1.29 bits per heavy atom. The number of thiophene rings is 1. The van der Waals surface area contributed by atoms with Crippen molar-refractivity contribution in [3.8, 4) is 0 Å². The molecule has 1 aliphatic heterocycles. The zero-order valence-corrected chi connectivity index (χ0v) is 13.5. The minimum absolute atomic E-state index is 0.132. The first-order chi connectivity index (χ1) is 9.90. The van der Waals surface area contributed by atoms with Gasteiger partial charge in [-0.25, -0.2) is 0 Å². The molecule has 0 bridgehead atoms. The fraction of sp³-hybridized carbons (Fsp3) is 0.600. The van der Waals surface area contributed by atoms with Crippen molar-refractivity contribution in [2.45, 2.75) is 46.1 Å². The molecular formula is C15H22N2O3S. The number of anilines is 1. The highest BCUT2D eigenvalue weighted by molar-refractivity contribution is 7.16. The zero-order valence-electron chi connectivity index (χ0n) is 12.7. The molecule has 5 nitrogen and oxygen atoms in total. The summed E-state index contributed by atoms with van der Waals surface area (Å²) in [6.45, 7) is 6.89. The maximum absolute atomic E-state index is 12.2. The lowest BCUT2D eigenvalue weighted by atomic mass is 10.0. The van der Waals surface area contributed by atoms with Gasteiger partial charge in [0.05, 0.1) is 11.5 Å². The highest BCUT2D eigenvalue weighted by atomic mass is 32.1. The Labute approximate surface area is 129 Å². The Morgan fingerprint density at radius 2 is 2.00 bits per heavy atom. The predicted octanol–water partition coefficient (Wildman–Crippen LogP) is 2.55. The van der Waals surface area contributed by atoms with Crippen LogP contribution in [0.3, 0.4) is 0 Å². The maximum Gasteiger partial charge on any atom is 0.320 e. The minimum Gasteiger partial charge on any atom is -0.480 e. The summed E-state index contributed by atoms with van der Waals surface area (Å²) >= 11 is 1.57. The average Bonchev–Trinajstić information content (AvgIpc) is 2.66. The Morgan fingerprint density at radius 3 is 2.57 bits per heavy atom. The largest absolute Gasteiger partial charge is 0.480 e. The third kappa shape index (κ3) is 3.63. The molecule has 6 heteroatoms. The standard InChI is InChI=1S/C15H22N2O3S/c1-9-10(2)14(21-11(9)3)16-13(18)8-17-7-5-4-6-12(17)15(19)20/h12H,4-8H2,1-3H3,(H,16,18)(H,19,20)/t12-/m1/s1. The second-order valence-electron chi connectivity index (χ2n) is 5.61. The van der Waals surface area contributed by atoms with Crippen LogP contribution < -0.4 is 5.32 Å². The highest BCUT2D eigenvalue weighted by Gasteiger charge is 2.29. The van der Waals surface area contributed by atoms with Gasteiger partial charge >= 0.3 is 5.97 Å². The van der Waals surface area contributed by atoms with Gasteiger partial charge in [-0.1, -0.05) is 6.42 Å². The Bertz CT molecular complexity index is 553. The van der Waals surface area contributed by atoms with Crippen LogP contribution in [0.25, 0.3) is 0 Å². The molecule has 0 aromatic carbocycles. The number of piperidine rings is 1. The Kier molecular flexibility index (Phi) is 5.00. The van der Waals surface area contributed by atoms with Gasteiger partial charge in [0.25, 0.3) is 0 Å². The summed E-state index contributed by atoms with van der Waals surface area (Å²) in [5.74, 6) is -0.964. The van der Waals surface area contributed by atoms with Gasteiger partial charge in [-0.2, -0.15) is 0 Å². The molecule has 1 amide bonds. The first kappa shape index (κ1) is 16.0. The number of nitrogens with one attached hydrogen (secondary N) is 1. The van der Waals surface area contributed by atoms with Gasteiger partial charge in [0, 0.05) is 4.88 Å². The molecule has 116 valence electrons. The number of carboxylic acid groups (broad SMARTS) is 1. The van der Waals surface area contributed by atoms with Crippen molar-refractivity contribution < 1.29 is 14.7 Å². The molecular weight excluding hydrogens is 288 g/mol. The second kappa shape index (κ2) is 6.58. The van der Waals surface area contributed by atoms with E-state index in [4.69, 9.17) is 0 Å². The summed E-state index contributed by atoms with van der Waals surface area (Å²) in [6.07, 6.45) is 2.49. The van der Waals surface area contributed by atoms with Crippen molar-refractivity contribution in [1.82, 2.24) is 4.90 Å². The van der Waals surface area contributed by atoms with Crippen LogP contribution in [0.5, 0.6) is 0 Å². The molecule has 0 saturated carbocycles. The molecule has 1 saturated heterocycles. The third-order valence-corrected chi connectivity index (χ3v) is 5.41. The zero-order chi connectivity index (χ0) is 15.6. The van der Waals surface area contributed by atoms with E-state index in [-0.39, 0.29) is 12.5 Å². The van der Waals surface area contributed by atoms with Crippen LogP contribution >= 0.6 is 11.3 Å². The molecule has 1 aromatic heterocycles. The number of rotatable bonds is 4. The van der Waals surface area contributed by atoms with Crippen molar-refractivity contribution >= 4 is 28.2 Å².